The van der Waals surface area contributed by atoms with Crippen LogP contribution in [0.25, 0.3) is 0 Å². The molecule has 1 saturated carbocycles. The van der Waals surface area contributed by atoms with Crippen LogP contribution in [0.15, 0.2) is 0 Å². The summed E-state index contributed by atoms with van der Waals surface area (Å²) in [5.41, 5.74) is 6.24. The Bertz CT molecular complexity index is 338. The van der Waals surface area contributed by atoms with E-state index in [0.717, 1.165) is 6.42 Å². The molecule has 0 bridgehead atoms. The number of amides is 1. The van der Waals surface area contributed by atoms with Crippen molar-refractivity contribution in [2.24, 2.45) is 29.4 Å². The first kappa shape index (κ1) is 20.4. The molecule has 1 aliphatic carbocycles. The molecule has 0 aromatic carbocycles. The lowest BCUT2D eigenvalue weighted by Crippen LogP contribution is -2.42. The minimum Gasteiger partial charge on any atom is -0.391 e. The number of carbonyl (C=O) groups excluding carboxylic acids is 1. The van der Waals surface area contributed by atoms with Crippen molar-refractivity contribution in [2.75, 3.05) is 6.54 Å². The van der Waals surface area contributed by atoms with Crippen molar-refractivity contribution in [1.82, 2.24) is 5.32 Å². The van der Waals surface area contributed by atoms with E-state index in [1.54, 1.807) is 0 Å². The van der Waals surface area contributed by atoms with Crippen LogP contribution in [-0.4, -0.2) is 29.7 Å². The predicted molar refractivity (Wildman–Crippen MR) is 96.0 cm³/mol. The molecule has 0 aliphatic heterocycles. The standard InChI is InChI=1S/C19H38N2O2/c1-13(2)12-21-19(23)16(14(3)4)11-18(22)17(20)10-15-8-6-5-7-9-15/h13-18,22H,5-12,20H2,1-4H3,(H,21,23). The van der Waals surface area contributed by atoms with Crippen LogP contribution < -0.4 is 11.1 Å². The van der Waals surface area contributed by atoms with Crippen molar-refractivity contribution in [3.63, 3.8) is 0 Å². The molecular weight excluding hydrogens is 288 g/mol. The maximum Gasteiger partial charge on any atom is 0.223 e. The highest BCUT2D eigenvalue weighted by atomic mass is 16.3. The molecule has 0 spiro atoms. The normalized spacial score (nSPS) is 20.5. The predicted octanol–water partition coefficient (Wildman–Crippen LogP) is 3.08. The summed E-state index contributed by atoms with van der Waals surface area (Å²) in [6.07, 6.45) is 7.16. The maximum atomic E-state index is 12.4. The monoisotopic (exact) mass is 326 g/mol. The molecule has 1 amide bonds. The molecule has 3 atom stereocenters. The number of hydrogen-bond donors (Lipinski definition) is 3. The molecule has 1 rings (SSSR count). The second-order valence-electron chi connectivity index (χ2n) is 8.20. The second kappa shape index (κ2) is 10.3. The Morgan fingerprint density at radius 1 is 1.17 bits per heavy atom. The summed E-state index contributed by atoms with van der Waals surface area (Å²) in [7, 11) is 0. The topological polar surface area (TPSA) is 75.3 Å². The van der Waals surface area contributed by atoms with Gasteiger partial charge in [0.2, 0.25) is 5.91 Å². The van der Waals surface area contributed by atoms with Crippen LogP contribution in [0.2, 0.25) is 0 Å². The van der Waals surface area contributed by atoms with Gasteiger partial charge in [0.1, 0.15) is 0 Å². The molecule has 136 valence electrons. The van der Waals surface area contributed by atoms with Gasteiger partial charge in [-0.15, -0.1) is 0 Å². The van der Waals surface area contributed by atoms with E-state index in [0.29, 0.717) is 24.8 Å². The third-order valence-electron chi connectivity index (χ3n) is 5.15. The first-order valence-electron chi connectivity index (χ1n) is 9.52. The average Bonchev–Trinajstić information content (AvgIpc) is 2.50. The zero-order valence-electron chi connectivity index (χ0n) is 15.6. The number of aliphatic hydroxyl groups excluding tert-OH is 1. The van der Waals surface area contributed by atoms with E-state index in [1.807, 2.05) is 13.8 Å². The zero-order valence-corrected chi connectivity index (χ0v) is 15.6. The number of nitrogens with one attached hydrogen (secondary N) is 1. The van der Waals surface area contributed by atoms with Crippen LogP contribution in [0, 0.1) is 23.7 Å². The molecule has 4 N–H and O–H groups in total. The fourth-order valence-electron chi connectivity index (χ4n) is 3.52. The fourth-order valence-corrected chi connectivity index (χ4v) is 3.52. The van der Waals surface area contributed by atoms with Gasteiger partial charge in [0, 0.05) is 18.5 Å². The molecule has 0 radical (unpaired) electrons. The highest BCUT2D eigenvalue weighted by molar-refractivity contribution is 5.78. The molecule has 4 heteroatoms. The zero-order chi connectivity index (χ0) is 17.4. The van der Waals surface area contributed by atoms with Crippen molar-refractivity contribution in [3.8, 4) is 0 Å². The Labute approximate surface area is 142 Å². The largest absolute Gasteiger partial charge is 0.391 e. The first-order valence-corrected chi connectivity index (χ1v) is 9.52. The quantitative estimate of drug-likeness (QED) is 0.609. The molecule has 0 aromatic rings. The third-order valence-corrected chi connectivity index (χ3v) is 5.15. The summed E-state index contributed by atoms with van der Waals surface area (Å²) in [5.74, 6) is 1.18. The Morgan fingerprint density at radius 2 is 1.78 bits per heavy atom. The SMILES string of the molecule is CC(C)CNC(=O)C(CC(O)C(N)CC1CCCCC1)C(C)C. The molecule has 23 heavy (non-hydrogen) atoms. The number of carbonyl (C=O) groups is 1. The Balaban J connectivity index is 2.48. The van der Waals surface area contributed by atoms with E-state index < -0.39 is 6.10 Å². The van der Waals surface area contributed by atoms with Crippen LogP contribution in [0.4, 0.5) is 0 Å². The Kier molecular flexibility index (Phi) is 9.15. The van der Waals surface area contributed by atoms with Gasteiger partial charge >= 0.3 is 0 Å². The highest BCUT2D eigenvalue weighted by Crippen LogP contribution is 2.28. The second-order valence-corrected chi connectivity index (χ2v) is 8.20. The highest BCUT2D eigenvalue weighted by Gasteiger charge is 2.29. The van der Waals surface area contributed by atoms with Crippen molar-refractivity contribution >= 4 is 5.91 Å². The van der Waals surface area contributed by atoms with Crippen molar-refractivity contribution in [1.29, 1.82) is 0 Å². The van der Waals surface area contributed by atoms with Gasteiger partial charge in [-0.2, -0.15) is 0 Å². The van der Waals surface area contributed by atoms with Gasteiger partial charge in [-0.25, -0.2) is 0 Å². The molecule has 0 heterocycles. The van der Waals surface area contributed by atoms with Crippen molar-refractivity contribution < 1.29 is 9.90 Å². The van der Waals surface area contributed by atoms with Gasteiger partial charge in [0.25, 0.3) is 0 Å². The first-order chi connectivity index (χ1) is 10.8. The maximum absolute atomic E-state index is 12.4. The van der Waals surface area contributed by atoms with Crippen molar-refractivity contribution in [2.45, 2.75) is 84.8 Å². The van der Waals surface area contributed by atoms with E-state index in [1.165, 1.54) is 32.1 Å². The summed E-state index contributed by atoms with van der Waals surface area (Å²) in [6, 6.07) is -0.211. The van der Waals surface area contributed by atoms with Gasteiger partial charge in [0.15, 0.2) is 0 Å². The molecule has 0 aromatic heterocycles. The third kappa shape index (κ3) is 7.67. The lowest BCUT2D eigenvalue weighted by Gasteiger charge is -2.30. The van der Waals surface area contributed by atoms with E-state index in [4.69, 9.17) is 5.73 Å². The summed E-state index contributed by atoms with van der Waals surface area (Å²) in [6.45, 7) is 8.93. The number of rotatable bonds is 9. The minimum absolute atomic E-state index is 0.0533. The molecular formula is C19H38N2O2. The van der Waals surface area contributed by atoms with Gasteiger partial charge in [-0.1, -0.05) is 59.8 Å². The molecule has 1 fully saturated rings. The van der Waals surface area contributed by atoms with E-state index in [2.05, 4.69) is 19.2 Å². The Hall–Kier alpha value is -0.610. The summed E-state index contributed by atoms with van der Waals surface area (Å²) < 4.78 is 0. The number of nitrogens with two attached hydrogens (primary N) is 1. The van der Waals surface area contributed by atoms with Crippen LogP contribution in [-0.2, 0) is 4.79 Å². The van der Waals surface area contributed by atoms with Crippen LogP contribution in [0.5, 0.6) is 0 Å². The lowest BCUT2D eigenvalue weighted by atomic mass is 9.81. The van der Waals surface area contributed by atoms with E-state index in [-0.39, 0.29) is 23.8 Å². The van der Waals surface area contributed by atoms with Gasteiger partial charge in [-0.3, -0.25) is 4.79 Å². The van der Waals surface area contributed by atoms with E-state index >= 15 is 0 Å². The molecule has 0 saturated heterocycles. The fraction of sp³-hybridized carbons (Fsp3) is 0.947. The van der Waals surface area contributed by atoms with Crippen molar-refractivity contribution in [3.05, 3.63) is 0 Å². The van der Waals surface area contributed by atoms with E-state index in [9.17, 15) is 9.90 Å². The summed E-state index contributed by atoms with van der Waals surface area (Å²) in [4.78, 5) is 12.4. The smallest absolute Gasteiger partial charge is 0.223 e. The number of aliphatic hydroxyl groups is 1. The summed E-state index contributed by atoms with van der Waals surface area (Å²) >= 11 is 0. The molecule has 4 nitrogen and oxygen atoms in total. The Morgan fingerprint density at radius 3 is 2.30 bits per heavy atom. The van der Waals surface area contributed by atoms with Crippen LogP contribution in [0.3, 0.4) is 0 Å². The minimum atomic E-state index is -0.589. The van der Waals surface area contributed by atoms with Gasteiger partial charge in [0.05, 0.1) is 6.10 Å². The lowest BCUT2D eigenvalue weighted by molar-refractivity contribution is -0.127. The summed E-state index contributed by atoms with van der Waals surface area (Å²) in [5, 5.41) is 13.5. The van der Waals surface area contributed by atoms with Crippen LogP contribution in [0.1, 0.15) is 72.6 Å². The molecule has 3 unspecified atom stereocenters. The van der Waals surface area contributed by atoms with Crippen LogP contribution >= 0.6 is 0 Å². The number of hydrogen-bond acceptors (Lipinski definition) is 3. The van der Waals surface area contributed by atoms with Gasteiger partial charge < -0.3 is 16.2 Å². The average molecular weight is 327 g/mol. The molecule has 1 aliphatic rings. The van der Waals surface area contributed by atoms with Gasteiger partial charge in [-0.05, 0) is 30.6 Å².